The van der Waals surface area contributed by atoms with E-state index in [0.29, 0.717) is 22.2 Å². The van der Waals surface area contributed by atoms with Crippen molar-refractivity contribution in [3.63, 3.8) is 0 Å². The van der Waals surface area contributed by atoms with Crippen LogP contribution in [0.4, 0.5) is 0 Å². The molecule has 0 saturated heterocycles. The molecule has 0 aliphatic heterocycles. The molecule has 0 spiro atoms. The molecule has 4 heteroatoms. The second-order valence-electron chi connectivity index (χ2n) is 6.18. The van der Waals surface area contributed by atoms with Gasteiger partial charge in [-0.3, -0.25) is 14.2 Å². The largest absolute Gasteiger partial charge is 0.287 e. The molecule has 1 heterocycles. The van der Waals surface area contributed by atoms with Crippen LogP contribution in [0.2, 0.25) is 0 Å². The van der Waals surface area contributed by atoms with Crippen LogP contribution in [0.25, 0.3) is 10.9 Å². The Labute approximate surface area is 165 Å². The third-order valence-corrected chi connectivity index (χ3v) is 5.15. The Kier molecular flexibility index (Phi) is 4.73. The Morgan fingerprint density at radius 2 is 1.30 bits per heavy atom. The van der Waals surface area contributed by atoms with Crippen molar-refractivity contribution in [3.8, 4) is 0 Å². The van der Waals surface area contributed by atoms with Gasteiger partial charge < -0.3 is 0 Å². The molecule has 0 atom stereocenters. The van der Waals surface area contributed by atoms with E-state index in [1.165, 1.54) is 0 Å². The number of halogens is 1. The number of carbonyl (C=O) groups excluding carboxylic acids is 2. The van der Waals surface area contributed by atoms with Crippen LogP contribution in [0, 0.1) is 0 Å². The molecule has 27 heavy (non-hydrogen) atoms. The second kappa shape index (κ2) is 7.33. The molecule has 0 fully saturated rings. The van der Waals surface area contributed by atoms with Gasteiger partial charge in [-0.25, -0.2) is 0 Å². The first-order chi connectivity index (χ1) is 13.2. The Hall–Kier alpha value is -2.98. The Morgan fingerprint density at radius 3 is 1.93 bits per heavy atom. The van der Waals surface area contributed by atoms with Crippen LogP contribution < -0.4 is 0 Å². The minimum absolute atomic E-state index is 0.162. The molecular formula is C23H16BrNO2. The van der Waals surface area contributed by atoms with Crippen molar-refractivity contribution in [1.29, 1.82) is 0 Å². The summed E-state index contributed by atoms with van der Waals surface area (Å²) in [5, 5.41) is 1.38. The predicted molar refractivity (Wildman–Crippen MR) is 111 cm³/mol. The Bertz CT molecular complexity index is 1130. The highest BCUT2D eigenvalue weighted by Crippen LogP contribution is 2.30. The summed E-state index contributed by atoms with van der Waals surface area (Å²) >= 11 is 3.51. The predicted octanol–water partition coefficient (Wildman–Crippen LogP) is 5.46. The van der Waals surface area contributed by atoms with Crippen LogP contribution in [-0.4, -0.2) is 16.3 Å². The van der Waals surface area contributed by atoms with E-state index < -0.39 is 0 Å². The fraction of sp³-hybridized carbons (Fsp3) is 0.0435. The summed E-state index contributed by atoms with van der Waals surface area (Å²) in [6, 6.07) is 25.7. The quantitative estimate of drug-likeness (QED) is 0.326. The number of aromatic nitrogens is 1. The van der Waals surface area contributed by atoms with Gasteiger partial charge in [-0.2, -0.15) is 0 Å². The van der Waals surface area contributed by atoms with Crippen LogP contribution in [-0.2, 0) is 5.33 Å². The van der Waals surface area contributed by atoms with E-state index in [4.69, 9.17) is 0 Å². The highest BCUT2D eigenvalue weighted by atomic mass is 79.9. The maximum atomic E-state index is 13.4. The van der Waals surface area contributed by atoms with Gasteiger partial charge in [0.15, 0.2) is 0 Å². The van der Waals surface area contributed by atoms with Gasteiger partial charge in [0.25, 0.3) is 5.91 Å². The summed E-state index contributed by atoms with van der Waals surface area (Å²) in [4.78, 5) is 26.7. The third kappa shape index (κ3) is 3.02. The average Bonchev–Trinajstić information content (AvgIpc) is 3.08. The fourth-order valence-corrected chi connectivity index (χ4v) is 3.90. The standard InChI is InChI=1S/C23H16BrNO2/c24-15-19-18-13-7-8-14-20(18)25(23(27)17-11-5-2-6-12-17)21(19)22(26)16-9-3-1-4-10-16/h1-14H,15H2. The lowest BCUT2D eigenvalue weighted by molar-refractivity contribution is 0.0937. The number of para-hydroxylation sites is 1. The molecule has 0 radical (unpaired) electrons. The molecule has 0 N–H and O–H groups in total. The monoisotopic (exact) mass is 417 g/mol. The van der Waals surface area contributed by atoms with Crippen molar-refractivity contribution < 1.29 is 9.59 Å². The molecule has 0 saturated carbocycles. The zero-order valence-electron chi connectivity index (χ0n) is 14.4. The van der Waals surface area contributed by atoms with E-state index in [1.807, 2.05) is 60.7 Å². The summed E-state index contributed by atoms with van der Waals surface area (Å²) in [6.07, 6.45) is 0. The van der Waals surface area contributed by atoms with E-state index >= 15 is 0 Å². The molecule has 3 aromatic carbocycles. The molecule has 0 bridgehead atoms. The normalized spacial score (nSPS) is 10.9. The Balaban J connectivity index is 2.02. The van der Waals surface area contributed by atoms with Crippen molar-refractivity contribution in [3.05, 3.63) is 107 Å². The second-order valence-corrected chi connectivity index (χ2v) is 6.74. The number of hydrogen-bond acceptors (Lipinski definition) is 2. The van der Waals surface area contributed by atoms with Crippen molar-refractivity contribution in [2.24, 2.45) is 0 Å². The molecular weight excluding hydrogens is 402 g/mol. The topological polar surface area (TPSA) is 39.1 Å². The van der Waals surface area contributed by atoms with Crippen LogP contribution in [0.15, 0.2) is 84.9 Å². The minimum atomic E-state index is -0.210. The lowest BCUT2D eigenvalue weighted by Crippen LogP contribution is -2.19. The summed E-state index contributed by atoms with van der Waals surface area (Å²) in [5.74, 6) is -0.371. The molecule has 0 unspecified atom stereocenters. The summed E-state index contributed by atoms with van der Waals surface area (Å²) in [6.45, 7) is 0. The third-order valence-electron chi connectivity index (χ3n) is 4.59. The number of hydrogen-bond donors (Lipinski definition) is 0. The van der Waals surface area contributed by atoms with E-state index in [1.54, 1.807) is 28.8 Å². The molecule has 4 rings (SSSR count). The zero-order chi connectivity index (χ0) is 18.8. The number of fused-ring (bicyclic) bond motifs is 1. The maximum absolute atomic E-state index is 13.4. The number of carbonyl (C=O) groups is 2. The van der Waals surface area contributed by atoms with Crippen molar-refractivity contribution in [2.45, 2.75) is 5.33 Å². The van der Waals surface area contributed by atoms with Gasteiger partial charge in [0, 0.05) is 27.4 Å². The smallest absolute Gasteiger partial charge is 0.262 e. The first-order valence-electron chi connectivity index (χ1n) is 8.60. The first-order valence-corrected chi connectivity index (χ1v) is 9.72. The van der Waals surface area contributed by atoms with Gasteiger partial charge in [-0.05, 0) is 18.2 Å². The molecule has 132 valence electrons. The van der Waals surface area contributed by atoms with Gasteiger partial charge in [-0.1, -0.05) is 82.7 Å². The highest BCUT2D eigenvalue weighted by molar-refractivity contribution is 9.08. The molecule has 0 aliphatic carbocycles. The average molecular weight is 418 g/mol. The highest BCUT2D eigenvalue weighted by Gasteiger charge is 2.26. The lowest BCUT2D eigenvalue weighted by Gasteiger charge is -2.10. The Morgan fingerprint density at radius 1 is 0.741 bits per heavy atom. The fourth-order valence-electron chi connectivity index (χ4n) is 3.33. The SMILES string of the molecule is O=C(c1ccccc1)c1c(CBr)c2ccccc2n1C(=O)c1ccccc1. The van der Waals surface area contributed by atoms with Crippen LogP contribution in [0.1, 0.15) is 32.0 Å². The van der Waals surface area contributed by atoms with Crippen LogP contribution in [0.3, 0.4) is 0 Å². The van der Waals surface area contributed by atoms with Gasteiger partial charge >= 0.3 is 0 Å². The van der Waals surface area contributed by atoms with Crippen molar-refractivity contribution in [2.75, 3.05) is 0 Å². The van der Waals surface area contributed by atoms with Crippen molar-refractivity contribution >= 4 is 38.5 Å². The minimum Gasteiger partial charge on any atom is -0.287 e. The van der Waals surface area contributed by atoms with Gasteiger partial charge in [-0.15, -0.1) is 0 Å². The summed E-state index contributed by atoms with van der Waals surface area (Å²) in [7, 11) is 0. The first kappa shape index (κ1) is 17.4. The van der Waals surface area contributed by atoms with Crippen molar-refractivity contribution in [1.82, 2.24) is 4.57 Å². The van der Waals surface area contributed by atoms with E-state index in [-0.39, 0.29) is 11.7 Å². The molecule has 3 nitrogen and oxygen atoms in total. The number of benzene rings is 3. The van der Waals surface area contributed by atoms with Gasteiger partial charge in [0.05, 0.1) is 5.52 Å². The summed E-state index contributed by atoms with van der Waals surface area (Å²) in [5.41, 5.74) is 3.07. The van der Waals surface area contributed by atoms with Gasteiger partial charge in [0.2, 0.25) is 5.78 Å². The number of alkyl halides is 1. The number of nitrogens with zero attached hydrogens (tertiary/aromatic N) is 1. The zero-order valence-corrected chi connectivity index (χ0v) is 16.0. The molecule has 1 aromatic heterocycles. The van der Waals surface area contributed by atoms with Crippen LogP contribution in [0.5, 0.6) is 0 Å². The molecule has 0 amide bonds. The van der Waals surface area contributed by atoms with Gasteiger partial charge in [0.1, 0.15) is 5.69 Å². The van der Waals surface area contributed by atoms with E-state index in [2.05, 4.69) is 15.9 Å². The summed E-state index contributed by atoms with van der Waals surface area (Å²) < 4.78 is 1.55. The number of ketones is 1. The number of rotatable bonds is 4. The maximum Gasteiger partial charge on any atom is 0.262 e. The van der Waals surface area contributed by atoms with E-state index in [9.17, 15) is 9.59 Å². The van der Waals surface area contributed by atoms with E-state index in [0.717, 1.165) is 16.5 Å². The lowest BCUT2D eigenvalue weighted by atomic mass is 10.0. The molecule has 0 aliphatic rings. The molecule has 4 aromatic rings. The van der Waals surface area contributed by atoms with Crippen LogP contribution >= 0.6 is 15.9 Å².